The van der Waals surface area contributed by atoms with E-state index in [9.17, 15) is 14.9 Å². The van der Waals surface area contributed by atoms with Crippen LogP contribution in [0.25, 0.3) is 0 Å². The van der Waals surface area contributed by atoms with Gasteiger partial charge in [0.25, 0.3) is 11.6 Å². The molecule has 0 saturated heterocycles. The first kappa shape index (κ1) is 13.9. The van der Waals surface area contributed by atoms with Gasteiger partial charge in [-0.15, -0.1) is 0 Å². The Hall–Kier alpha value is -2.54. The Morgan fingerprint density at radius 2 is 2.20 bits per heavy atom. The SMILES string of the molecule is O=C(NCc1ccccn1)c1cc(Cl)ncc1[N+](=O)[O-]. The third-order valence-electron chi connectivity index (χ3n) is 2.45. The molecule has 0 saturated carbocycles. The maximum atomic E-state index is 12.0. The minimum atomic E-state index is -0.682. The lowest BCUT2D eigenvalue weighted by Crippen LogP contribution is -2.24. The van der Waals surface area contributed by atoms with Crippen LogP contribution in [0.15, 0.2) is 36.7 Å². The van der Waals surface area contributed by atoms with Gasteiger partial charge in [0.1, 0.15) is 16.9 Å². The third-order valence-corrected chi connectivity index (χ3v) is 2.65. The van der Waals surface area contributed by atoms with Crippen molar-refractivity contribution in [2.24, 2.45) is 0 Å². The van der Waals surface area contributed by atoms with Gasteiger partial charge in [0.2, 0.25) is 0 Å². The number of hydrogen-bond donors (Lipinski definition) is 1. The Kier molecular flexibility index (Phi) is 4.21. The van der Waals surface area contributed by atoms with E-state index in [0.29, 0.717) is 5.69 Å². The number of nitrogens with zero attached hydrogens (tertiary/aromatic N) is 3. The van der Waals surface area contributed by atoms with Crippen LogP contribution in [-0.2, 0) is 6.54 Å². The number of hydrogen-bond acceptors (Lipinski definition) is 5. The highest BCUT2D eigenvalue weighted by Gasteiger charge is 2.21. The maximum absolute atomic E-state index is 12.0. The van der Waals surface area contributed by atoms with Crippen molar-refractivity contribution in [2.75, 3.05) is 0 Å². The van der Waals surface area contributed by atoms with Gasteiger partial charge >= 0.3 is 0 Å². The molecule has 1 N–H and O–H groups in total. The molecule has 0 aromatic carbocycles. The Morgan fingerprint density at radius 1 is 1.40 bits per heavy atom. The Morgan fingerprint density at radius 3 is 2.85 bits per heavy atom. The first-order valence-corrected chi connectivity index (χ1v) is 5.94. The summed E-state index contributed by atoms with van der Waals surface area (Å²) < 4.78 is 0. The third kappa shape index (κ3) is 3.27. The zero-order valence-electron chi connectivity index (χ0n) is 10.1. The van der Waals surface area contributed by atoms with Crippen molar-refractivity contribution in [3.63, 3.8) is 0 Å². The van der Waals surface area contributed by atoms with Crippen LogP contribution in [0.2, 0.25) is 5.15 Å². The van der Waals surface area contributed by atoms with Crippen LogP contribution in [0, 0.1) is 10.1 Å². The molecule has 0 fully saturated rings. The zero-order chi connectivity index (χ0) is 14.5. The number of nitro groups is 1. The number of carbonyl (C=O) groups excluding carboxylic acids is 1. The molecule has 2 heterocycles. The normalized spacial score (nSPS) is 10.1. The molecular weight excluding hydrogens is 284 g/mol. The summed E-state index contributed by atoms with van der Waals surface area (Å²) in [5.41, 5.74) is 0.113. The van der Waals surface area contributed by atoms with Gasteiger partial charge < -0.3 is 5.32 Å². The highest BCUT2D eigenvalue weighted by molar-refractivity contribution is 6.29. The van der Waals surface area contributed by atoms with Gasteiger partial charge in [-0.3, -0.25) is 19.9 Å². The second-order valence-corrected chi connectivity index (χ2v) is 4.17. The van der Waals surface area contributed by atoms with Gasteiger partial charge in [-0.25, -0.2) is 4.98 Å². The molecule has 0 aliphatic carbocycles. The number of aromatic nitrogens is 2. The molecule has 0 unspecified atom stereocenters. The van der Waals surface area contributed by atoms with E-state index in [2.05, 4.69) is 15.3 Å². The predicted molar refractivity (Wildman–Crippen MR) is 71.3 cm³/mol. The number of pyridine rings is 2. The summed E-state index contributed by atoms with van der Waals surface area (Å²) in [6.45, 7) is 0.163. The molecule has 0 atom stereocenters. The molecule has 102 valence electrons. The van der Waals surface area contributed by atoms with Crippen molar-refractivity contribution >= 4 is 23.2 Å². The molecule has 8 heteroatoms. The van der Waals surface area contributed by atoms with Gasteiger partial charge in [0.05, 0.1) is 17.2 Å². The smallest absolute Gasteiger partial charge is 0.300 e. The molecule has 2 aromatic rings. The summed E-state index contributed by atoms with van der Waals surface area (Å²) in [6.07, 6.45) is 2.55. The average Bonchev–Trinajstić information content (AvgIpc) is 2.45. The average molecular weight is 293 g/mol. The Bertz CT molecular complexity index is 648. The molecule has 0 aliphatic heterocycles. The molecule has 2 aromatic heterocycles. The first-order valence-electron chi connectivity index (χ1n) is 5.56. The molecule has 20 heavy (non-hydrogen) atoms. The fraction of sp³-hybridized carbons (Fsp3) is 0.0833. The first-order chi connectivity index (χ1) is 9.58. The minimum Gasteiger partial charge on any atom is -0.346 e. The molecule has 0 spiro atoms. The van der Waals surface area contributed by atoms with Crippen LogP contribution in [0.1, 0.15) is 16.1 Å². The highest BCUT2D eigenvalue weighted by Crippen LogP contribution is 2.20. The predicted octanol–water partition coefficient (Wildman–Crippen LogP) is 1.97. The molecular formula is C12H9ClN4O3. The Balaban J connectivity index is 2.17. The summed E-state index contributed by atoms with van der Waals surface area (Å²) in [4.78, 5) is 29.8. The van der Waals surface area contributed by atoms with Gasteiger partial charge in [-0.2, -0.15) is 0 Å². The minimum absolute atomic E-state index is 0.0126. The molecule has 0 aliphatic rings. The van der Waals surface area contributed by atoms with Gasteiger partial charge in [0, 0.05) is 6.20 Å². The van der Waals surface area contributed by atoms with Crippen molar-refractivity contribution in [1.29, 1.82) is 0 Å². The standard InChI is InChI=1S/C12H9ClN4O3/c13-11-5-9(10(7-15-11)17(19)20)12(18)16-6-8-3-1-2-4-14-8/h1-5,7H,6H2,(H,16,18). The van der Waals surface area contributed by atoms with E-state index in [1.54, 1.807) is 24.4 Å². The van der Waals surface area contributed by atoms with Crippen molar-refractivity contribution in [3.05, 3.63) is 63.2 Å². The number of carbonyl (C=O) groups is 1. The number of nitrogens with one attached hydrogen (secondary N) is 1. The molecule has 7 nitrogen and oxygen atoms in total. The second-order valence-electron chi connectivity index (χ2n) is 3.79. The fourth-order valence-electron chi connectivity index (χ4n) is 1.52. The quantitative estimate of drug-likeness (QED) is 0.528. The second kappa shape index (κ2) is 6.07. The maximum Gasteiger partial charge on any atom is 0.300 e. The van der Waals surface area contributed by atoms with Crippen molar-refractivity contribution in [3.8, 4) is 0 Å². The van der Waals surface area contributed by atoms with E-state index in [1.165, 1.54) is 0 Å². The lowest BCUT2D eigenvalue weighted by Gasteiger charge is -2.05. The van der Waals surface area contributed by atoms with Crippen LogP contribution in [0.5, 0.6) is 0 Å². The van der Waals surface area contributed by atoms with Crippen LogP contribution < -0.4 is 5.32 Å². The van der Waals surface area contributed by atoms with E-state index < -0.39 is 16.5 Å². The van der Waals surface area contributed by atoms with E-state index in [0.717, 1.165) is 12.3 Å². The van der Waals surface area contributed by atoms with Crippen molar-refractivity contribution in [1.82, 2.24) is 15.3 Å². The van der Waals surface area contributed by atoms with Crippen molar-refractivity contribution in [2.45, 2.75) is 6.54 Å². The number of rotatable bonds is 4. The molecule has 0 radical (unpaired) electrons. The number of amides is 1. The lowest BCUT2D eigenvalue weighted by atomic mass is 10.2. The van der Waals surface area contributed by atoms with Crippen molar-refractivity contribution < 1.29 is 9.72 Å². The summed E-state index contributed by atoms with van der Waals surface area (Å²) in [5, 5.41) is 13.4. The molecule has 1 amide bonds. The van der Waals surface area contributed by atoms with Gasteiger partial charge in [-0.05, 0) is 18.2 Å². The fourth-order valence-corrected chi connectivity index (χ4v) is 1.68. The lowest BCUT2D eigenvalue weighted by molar-refractivity contribution is -0.385. The highest BCUT2D eigenvalue weighted by atomic mass is 35.5. The monoisotopic (exact) mass is 292 g/mol. The van der Waals surface area contributed by atoms with E-state index in [4.69, 9.17) is 11.6 Å². The molecule has 2 rings (SSSR count). The Labute approximate surface area is 118 Å². The van der Waals surface area contributed by atoms with Gasteiger partial charge in [-0.1, -0.05) is 17.7 Å². The van der Waals surface area contributed by atoms with E-state index in [-0.39, 0.29) is 17.3 Å². The summed E-state index contributed by atoms with van der Waals surface area (Å²) in [7, 11) is 0. The largest absolute Gasteiger partial charge is 0.346 e. The van der Waals surface area contributed by atoms with Gasteiger partial charge in [0.15, 0.2) is 0 Å². The van der Waals surface area contributed by atoms with Crippen LogP contribution >= 0.6 is 11.6 Å². The van der Waals surface area contributed by atoms with Crippen LogP contribution in [-0.4, -0.2) is 20.8 Å². The van der Waals surface area contributed by atoms with E-state index >= 15 is 0 Å². The number of halogens is 1. The summed E-state index contributed by atoms with van der Waals surface area (Å²) in [6, 6.07) is 6.42. The zero-order valence-corrected chi connectivity index (χ0v) is 10.9. The summed E-state index contributed by atoms with van der Waals surface area (Å²) >= 11 is 5.66. The summed E-state index contributed by atoms with van der Waals surface area (Å²) in [5.74, 6) is -0.605. The van der Waals surface area contributed by atoms with E-state index in [1.807, 2.05) is 0 Å². The van der Waals surface area contributed by atoms with Crippen LogP contribution in [0.3, 0.4) is 0 Å². The van der Waals surface area contributed by atoms with Crippen LogP contribution in [0.4, 0.5) is 5.69 Å². The topological polar surface area (TPSA) is 98.0 Å². The molecule has 0 bridgehead atoms.